The standard InChI is InChI=1S/C33H50N2O4S/c1-22(2)9-8-10-23(3)27-15-16-28-26-14-13-24-21-25(17-19-32(24,4)29(26)18-20-33(27,28)5)34-40(38,39)31-12-7-6-11-30(31)35(36)37/h6-7,11-13,22-23,25-29,34H,8-10,14-21H2,1-5H3/t23-,25+,26+,27-,28+,29+,32+,33-/m1/s1. The van der Waals surface area contributed by atoms with E-state index in [4.69, 9.17) is 0 Å². The van der Waals surface area contributed by atoms with E-state index in [1.807, 2.05) is 0 Å². The molecular formula is C33H50N2O4S. The molecular weight excluding hydrogens is 520 g/mol. The molecule has 0 radical (unpaired) electrons. The molecule has 0 amide bonds. The Balaban J connectivity index is 1.29. The van der Waals surface area contributed by atoms with E-state index < -0.39 is 14.9 Å². The summed E-state index contributed by atoms with van der Waals surface area (Å²) in [5.41, 5.74) is 1.63. The van der Waals surface area contributed by atoms with E-state index in [0.29, 0.717) is 17.8 Å². The van der Waals surface area contributed by atoms with Gasteiger partial charge in [0.15, 0.2) is 4.90 Å². The first-order chi connectivity index (χ1) is 18.9. The van der Waals surface area contributed by atoms with Crippen LogP contribution in [0.15, 0.2) is 40.8 Å². The van der Waals surface area contributed by atoms with Crippen molar-refractivity contribution in [3.8, 4) is 0 Å². The summed E-state index contributed by atoms with van der Waals surface area (Å²) in [6.45, 7) is 12.3. The minimum Gasteiger partial charge on any atom is -0.258 e. The van der Waals surface area contributed by atoms with Crippen LogP contribution < -0.4 is 4.72 Å². The number of nitro groups is 1. The summed E-state index contributed by atoms with van der Waals surface area (Å²) in [6.07, 6.45) is 15.5. The second kappa shape index (κ2) is 11.2. The first kappa shape index (κ1) is 29.8. The number of hydrogen-bond acceptors (Lipinski definition) is 4. The van der Waals surface area contributed by atoms with E-state index in [1.165, 1.54) is 68.7 Å². The van der Waals surface area contributed by atoms with E-state index in [-0.39, 0.29) is 22.0 Å². The largest absolute Gasteiger partial charge is 0.289 e. The highest BCUT2D eigenvalue weighted by molar-refractivity contribution is 7.89. The monoisotopic (exact) mass is 570 g/mol. The molecule has 1 N–H and O–H groups in total. The maximum atomic E-state index is 13.2. The molecule has 7 heteroatoms. The molecule has 5 rings (SSSR count). The molecule has 1 aromatic carbocycles. The van der Waals surface area contributed by atoms with Crippen LogP contribution in [-0.2, 0) is 10.0 Å². The van der Waals surface area contributed by atoms with E-state index in [9.17, 15) is 18.5 Å². The number of nitro benzene ring substituents is 1. The number of para-hydroxylation sites is 1. The van der Waals surface area contributed by atoms with Gasteiger partial charge in [-0.15, -0.1) is 0 Å². The SMILES string of the molecule is CC(C)CCC[C@@H](C)[C@H]1CC[C@H]2[C@@H]3CC=C4C[C@@H](NS(=O)(=O)c5ccccc5[N+](=O)[O-])CC[C@]4(C)[C@H]3CC[C@]12C. The van der Waals surface area contributed by atoms with Gasteiger partial charge in [0.25, 0.3) is 5.69 Å². The molecule has 0 spiro atoms. The summed E-state index contributed by atoms with van der Waals surface area (Å²) < 4.78 is 29.2. The van der Waals surface area contributed by atoms with Crippen molar-refractivity contribution < 1.29 is 13.3 Å². The topological polar surface area (TPSA) is 89.3 Å². The third kappa shape index (κ3) is 5.30. The minimum atomic E-state index is -3.98. The van der Waals surface area contributed by atoms with Crippen LogP contribution in [0.1, 0.15) is 105 Å². The van der Waals surface area contributed by atoms with E-state index in [0.717, 1.165) is 48.9 Å². The third-order valence-corrected chi connectivity index (χ3v) is 13.5. The summed E-state index contributed by atoms with van der Waals surface area (Å²) in [7, 11) is -3.98. The fraction of sp³-hybridized carbons (Fsp3) is 0.758. The molecule has 0 bridgehead atoms. The van der Waals surface area contributed by atoms with E-state index >= 15 is 0 Å². The number of nitrogens with one attached hydrogen (secondary N) is 1. The molecule has 0 aliphatic heterocycles. The van der Waals surface area contributed by atoms with Gasteiger partial charge in [-0.3, -0.25) is 10.1 Å². The molecule has 0 unspecified atom stereocenters. The van der Waals surface area contributed by atoms with Crippen molar-refractivity contribution in [3.63, 3.8) is 0 Å². The van der Waals surface area contributed by atoms with Crippen LogP contribution in [0, 0.1) is 56.5 Å². The molecule has 0 aromatic heterocycles. The average molecular weight is 571 g/mol. The van der Waals surface area contributed by atoms with Gasteiger partial charge in [-0.2, -0.15) is 0 Å². The second-order valence-corrected chi connectivity index (χ2v) is 16.3. The van der Waals surface area contributed by atoms with Crippen LogP contribution in [0.3, 0.4) is 0 Å². The smallest absolute Gasteiger partial charge is 0.258 e. The molecule has 8 atom stereocenters. The predicted octanol–water partition coefficient (Wildman–Crippen LogP) is 8.28. The molecule has 0 heterocycles. The van der Waals surface area contributed by atoms with Gasteiger partial charge in [0.05, 0.1) is 4.92 Å². The normalized spacial score (nSPS) is 36.4. The highest BCUT2D eigenvalue weighted by Crippen LogP contribution is 2.67. The van der Waals surface area contributed by atoms with E-state index in [1.54, 1.807) is 6.07 Å². The number of hydrogen-bond donors (Lipinski definition) is 1. The number of benzene rings is 1. The lowest BCUT2D eigenvalue weighted by molar-refractivity contribution is -0.387. The average Bonchev–Trinajstić information content (AvgIpc) is 3.26. The van der Waals surface area contributed by atoms with E-state index in [2.05, 4.69) is 45.4 Å². The van der Waals surface area contributed by atoms with Crippen molar-refractivity contribution in [2.24, 2.45) is 46.3 Å². The van der Waals surface area contributed by atoms with Gasteiger partial charge in [-0.1, -0.05) is 77.7 Å². The highest BCUT2D eigenvalue weighted by Gasteiger charge is 2.59. The Labute approximate surface area is 242 Å². The minimum absolute atomic E-state index is 0.131. The van der Waals surface area contributed by atoms with Crippen LogP contribution in [0.4, 0.5) is 5.69 Å². The van der Waals surface area contributed by atoms with Crippen molar-refractivity contribution in [1.29, 1.82) is 0 Å². The highest BCUT2D eigenvalue weighted by atomic mass is 32.2. The van der Waals surface area contributed by atoms with Crippen molar-refractivity contribution in [1.82, 2.24) is 4.72 Å². The predicted molar refractivity (Wildman–Crippen MR) is 160 cm³/mol. The Morgan fingerprint density at radius 1 is 1.02 bits per heavy atom. The fourth-order valence-electron chi connectivity index (χ4n) is 9.90. The van der Waals surface area contributed by atoms with Crippen molar-refractivity contribution in [2.75, 3.05) is 0 Å². The molecule has 3 saturated carbocycles. The van der Waals surface area contributed by atoms with Gasteiger partial charge in [-0.05, 0) is 104 Å². The van der Waals surface area contributed by atoms with Crippen LogP contribution in [0.2, 0.25) is 0 Å². The number of sulfonamides is 1. The van der Waals surface area contributed by atoms with Gasteiger partial charge in [0, 0.05) is 12.1 Å². The Morgan fingerprint density at radius 3 is 2.50 bits per heavy atom. The van der Waals surface area contributed by atoms with Gasteiger partial charge in [0.2, 0.25) is 10.0 Å². The lowest BCUT2D eigenvalue weighted by Gasteiger charge is -2.58. The van der Waals surface area contributed by atoms with Crippen molar-refractivity contribution >= 4 is 15.7 Å². The molecule has 4 aliphatic carbocycles. The summed E-state index contributed by atoms with van der Waals surface area (Å²) in [5.74, 6) is 4.65. The summed E-state index contributed by atoms with van der Waals surface area (Å²) in [6, 6.07) is 5.41. The number of allylic oxidation sites excluding steroid dienone is 1. The molecule has 6 nitrogen and oxygen atoms in total. The lowest BCUT2D eigenvalue weighted by atomic mass is 9.47. The van der Waals surface area contributed by atoms with Crippen LogP contribution in [0.25, 0.3) is 0 Å². The molecule has 0 saturated heterocycles. The zero-order chi connectivity index (χ0) is 28.9. The molecule has 3 fully saturated rings. The van der Waals surface area contributed by atoms with Crippen LogP contribution >= 0.6 is 0 Å². The Bertz CT molecular complexity index is 1240. The first-order valence-electron chi connectivity index (χ1n) is 15.8. The number of nitrogens with zero attached hydrogens (tertiary/aromatic N) is 1. The summed E-state index contributed by atoms with van der Waals surface area (Å²) in [4.78, 5) is 10.6. The Kier molecular flexibility index (Phi) is 8.30. The Hall–Kier alpha value is -1.73. The van der Waals surface area contributed by atoms with Crippen LogP contribution in [0.5, 0.6) is 0 Å². The zero-order valence-electron chi connectivity index (χ0n) is 25.2. The van der Waals surface area contributed by atoms with Gasteiger partial charge < -0.3 is 0 Å². The first-order valence-corrected chi connectivity index (χ1v) is 17.3. The maximum Gasteiger partial charge on any atom is 0.289 e. The third-order valence-electron chi connectivity index (χ3n) is 12.0. The number of rotatable bonds is 9. The molecule has 222 valence electrons. The number of fused-ring (bicyclic) bond motifs is 5. The molecule has 40 heavy (non-hydrogen) atoms. The fourth-order valence-corrected chi connectivity index (χ4v) is 11.3. The van der Waals surface area contributed by atoms with Gasteiger partial charge in [0.1, 0.15) is 0 Å². The van der Waals surface area contributed by atoms with Gasteiger partial charge >= 0.3 is 0 Å². The lowest BCUT2D eigenvalue weighted by Crippen LogP contribution is -2.52. The van der Waals surface area contributed by atoms with Crippen molar-refractivity contribution in [3.05, 3.63) is 46.0 Å². The van der Waals surface area contributed by atoms with Gasteiger partial charge in [-0.25, -0.2) is 13.1 Å². The van der Waals surface area contributed by atoms with Crippen molar-refractivity contribution in [2.45, 2.75) is 116 Å². The summed E-state index contributed by atoms with van der Waals surface area (Å²) in [5, 5.41) is 11.5. The summed E-state index contributed by atoms with van der Waals surface area (Å²) >= 11 is 0. The quantitative estimate of drug-likeness (QED) is 0.184. The maximum absolute atomic E-state index is 13.2. The Morgan fingerprint density at radius 2 is 1.77 bits per heavy atom. The molecule has 4 aliphatic rings. The second-order valence-electron chi connectivity index (χ2n) is 14.6. The molecule has 1 aromatic rings. The zero-order valence-corrected chi connectivity index (χ0v) is 26.0. The van der Waals surface area contributed by atoms with Crippen LogP contribution in [-0.4, -0.2) is 19.4 Å².